The topological polar surface area (TPSA) is 28.9 Å². The fourth-order valence-electron chi connectivity index (χ4n) is 1.98. The zero-order valence-corrected chi connectivity index (χ0v) is 12.0. The zero-order chi connectivity index (χ0) is 10.8. The van der Waals surface area contributed by atoms with Crippen molar-refractivity contribution in [2.75, 3.05) is 7.11 Å². The van der Waals surface area contributed by atoms with E-state index in [4.69, 9.17) is 4.74 Å². The molecule has 1 N–H and O–H groups in total. The third-order valence-electron chi connectivity index (χ3n) is 2.75. The van der Waals surface area contributed by atoms with Gasteiger partial charge in [0.1, 0.15) is 5.75 Å². The van der Waals surface area contributed by atoms with Gasteiger partial charge in [-0.1, -0.05) is 6.92 Å². The van der Waals surface area contributed by atoms with Crippen molar-refractivity contribution < 1.29 is 33.3 Å². The van der Waals surface area contributed by atoms with Gasteiger partial charge in [-0.3, -0.25) is 0 Å². The molecule has 0 saturated carbocycles. The van der Waals surface area contributed by atoms with E-state index in [1.54, 1.807) is 7.11 Å². The van der Waals surface area contributed by atoms with Crippen molar-refractivity contribution in [1.82, 2.24) is 4.98 Å². The Hall–Kier alpha value is -0.780. The van der Waals surface area contributed by atoms with Gasteiger partial charge in [-0.25, -0.2) is 9.55 Å². The van der Waals surface area contributed by atoms with Crippen LogP contribution in [0.25, 0.3) is 11.0 Å². The first-order valence-corrected chi connectivity index (χ1v) is 5.38. The van der Waals surface area contributed by atoms with E-state index in [0.29, 0.717) is 0 Å². The van der Waals surface area contributed by atoms with Gasteiger partial charge in [0.25, 0.3) is 5.82 Å². The highest BCUT2D eigenvalue weighted by molar-refractivity contribution is 5.73. The number of aryl methyl sites for hydroxylation is 2. The molecule has 16 heavy (non-hydrogen) atoms. The fraction of sp³-hybridized carbons (Fsp3) is 0.417. The first kappa shape index (κ1) is 13.3. The van der Waals surface area contributed by atoms with Gasteiger partial charge in [0, 0.05) is 12.5 Å². The molecule has 88 valence electrons. The van der Waals surface area contributed by atoms with E-state index in [-0.39, 0.29) is 24.0 Å². The average molecular weight is 332 g/mol. The number of imidazole rings is 1. The molecule has 2 rings (SSSR count). The molecular weight excluding hydrogens is 315 g/mol. The van der Waals surface area contributed by atoms with Gasteiger partial charge in [-0.15, -0.1) is 0 Å². The maximum atomic E-state index is 5.24. The number of fused-ring (bicyclic) bond motifs is 1. The van der Waals surface area contributed by atoms with Crippen LogP contribution in [0.2, 0.25) is 0 Å². The molecule has 0 amide bonds. The van der Waals surface area contributed by atoms with Crippen LogP contribution in [-0.2, 0) is 13.0 Å². The minimum atomic E-state index is 0. The minimum Gasteiger partial charge on any atom is -1.00 e. The maximum absolute atomic E-state index is 5.24. The highest BCUT2D eigenvalue weighted by Gasteiger charge is 2.15. The highest BCUT2D eigenvalue weighted by Crippen LogP contribution is 2.17. The van der Waals surface area contributed by atoms with Crippen molar-refractivity contribution in [2.45, 2.75) is 26.8 Å². The van der Waals surface area contributed by atoms with Crippen LogP contribution in [0.4, 0.5) is 0 Å². The van der Waals surface area contributed by atoms with E-state index in [1.165, 1.54) is 16.9 Å². The van der Waals surface area contributed by atoms with E-state index < -0.39 is 0 Å². The normalized spacial score (nSPS) is 10.2. The maximum Gasteiger partial charge on any atom is 0.254 e. The summed E-state index contributed by atoms with van der Waals surface area (Å²) in [5, 5.41) is 0. The van der Waals surface area contributed by atoms with Gasteiger partial charge in [-0.2, -0.15) is 0 Å². The summed E-state index contributed by atoms with van der Waals surface area (Å²) in [5.74, 6) is 2.17. The molecular formula is C12H17IN2O. The first-order chi connectivity index (χ1) is 7.30. The number of halogens is 1. The lowest BCUT2D eigenvalue weighted by Crippen LogP contribution is -3.00. The number of aromatic amines is 1. The highest BCUT2D eigenvalue weighted by atomic mass is 127. The molecule has 1 aromatic carbocycles. The Balaban J connectivity index is 0.00000128. The van der Waals surface area contributed by atoms with Crippen LogP contribution in [0.5, 0.6) is 5.75 Å². The number of nitrogens with zero attached hydrogens (tertiary/aromatic N) is 1. The lowest BCUT2D eigenvalue weighted by atomic mass is 10.3. The largest absolute Gasteiger partial charge is 1.00 e. The van der Waals surface area contributed by atoms with Crippen molar-refractivity contribution in [2.24, 2.45) is 0 Å². The SMILES string of the molecule is CCc1[nH]c2ccc(OC)cc2[n+]1CC.[I-]. The quantitative estimate of drug-likeness (QED) is 0.570. The number of H-pyrrole nitrogens is 1. The minimum absolute atomic E-state index is 0. The van der Waals surface area contributed by atoms with Crippen LogP contribution in [-0.4, -0.2) is 12.1 Å². The summed E-state index contributed by atoms with van der Waals surface area (Å²) in [5.41, 5.74) is 2.39. The van der Waals surface area contributed by atoms with E-state index in [1.807, 2.05) is 6.07 Å². The smallest absolute Gasteiger partial charge is 0.254 e. The first-order valence-electron chi connectivity index (χ1n) is 5.38. The standard InChI is InChI=1S/C12H16N2O.HI/c1-4-12-13-10-7-6-9(15-3)8-11(10)14(12)5-2;/h6-8H,4-5H2,1-3H3;1H. The Morgan fingerprint density at radius 3 is 2.62 bits per heavy atom. The Labute approximate surface area is 113 Å². The molecule has 2 aromatic rings. The average Bonchev–Trinajstić information content (AvgIpc) is 2.65. The molecule has 0 bridgehead atoms. The second-order valence-electron chi connectivity index (χ2n) is 3.55. The predicted molar refractivity (Wildman–Crippen MR) is 60.1 cm³/mol. The summed E-state index contributed by atoms with van der Waals surface area (Å²) in [6.45, 7) is 5.30. The molecule has 1 heterocycles. The molecule has 3 nitrogen and oxygen atoms in total. The number of benzene rings is 1. The molecule has 0 aliphatic rings. The van der Waals surface area contributed by atoms with Gasteiger partial charge < -0.3 is 28.7 Å². The van der Waals surface area contributed by atoms with Gasteiger partial charge in [0.15, 0.2) is 11.0 Å². The molecule has 0 aliphatic heterocycles. The Bertz CT molecular complexity index is 479. The number of rotatable bonds is 3. The van der Waals surface area contributed by atoms with Crippen LogP contribution in [0.1, 0.15) is 19.7 Å². The second kappa shape index (κ2) is 5.52. The second-order valence-corrected chi connectivity index (χ2v) is 3.55. The van der Waals surface area contributed by atoms with Crippen molar-refractivity contribution >= 4 is 11.0 Å². The van der Waals surface area contributed by atoms with Crippen LogP contribution < -0.4 is 33.3 Å². The summed E-state index contributed by atoms with van der Waals surface area (Å²) in [7, 11) is 1.70. The van der Waals surface area contributed by atoms with Gasteiger partial charge in [0.2, 0.25) is 0 Å². The van der Waals surface area contributed by atoms with Crippen molar-refractivity contribution in [3.05, 3.63) is 24.0 Å². The van der Waals surface area contributed by atoms with Crippen LogP contribution in [0.3, 0.4) is 0 Å². The number of nitrogens with one attached hydrogen (secondary N) is 1. The summed E-state index contributed by atoms with van der Waals surface area (Å²) in [6.07, 6.45) is 1.02. The van der Waals surface area contributed by atoms with E-state index in [9.17, 15) is 0 Å². The van der Waals surface area contributed by atoms with Crippen LogP contribution >= 0.6 is 0 Å². The molecule has 1 aromatic heterocycles. The van der Waals surface area contributed by atoms with E-state index >= 15 is 0 Å². The molecule has 4 heteroatoms. The molecule has 0 saturated heterocycles. The lowest BCUT2D eigenvalue weighted by molar-refractivity contribution is -0.675. The third kappa shape index (κ3) is 2.16. The van der Waals surface area contributed by atoms with E-state index in [2.05, 4.69) is 35.5 Å². The third-order valence-corrected chi connectivity index (χ3v) is 2.75. The Morgan fingerprint density at radius 2 is 2.06 bits per heavy atom. The number of ether oxygens (including phenoxy) is 1. The molecule has 0 spiro atoms. The zero-order valence-electron chi connectivity index (χ0n) is 9.88. The molecule has 0 aliphatic carbocycles. The number of aromatic nitrogens is 2. The molecule has 0 unspecified atom stereocenters. The van der Waals surface area contributed by atoms with Crippen molar-refractivity contribution in [3.8, 4) is 5.75 Å². The van der Waals surface area contributed by atoms with Gasteiger partial charge in [0.05, 0.1) is 13.7 Å². The number of methoxy groups -OCH3 is 1. The Kier molecular flexibility index (Phi) is 4.58. The van der Waals surface area contributed by atoms with E-state index in [0.717, 1.165) is 18.7 Å². The van der Waals surface area contributed by atoms with Gasteiger partial charge in [-0.05, 0) is 19.1 Å². The summed E-state index contributed by atoms with van der Waals surface area (Å²) in [4.78, 5) is 3.42. The summed E-state index contributed by atoms with van der Waals surface area (Å²) >= 11 is 0. The summed E-state index contributed by atoms with van der Waals surface area (Å²) < 4.78 is 7.53. The predicted octanol–water partition coefficient (Wildman–Crippen LogP) is -0.950. The Morgan fingerprint density at radius 1 is 1.31 bits per heavy atom. The molecule has 0 fully saturated rings. The van der Waals surface area contributed by atoms with Crippen molar-refractivity contribution in [3.63, 3.8) is 0 Å². The molecule has 0 atom stereocenters. The fourth-order valence-corrected chi connectivity index (χ4v) is 1.98. The van der Waals surface area contributed by atoms with Crippen LogP contribution in [0, 0.1) is 0 Å². The number of hydrogen-bond acceptors (Lipinski definition) is 1. The number of hydrogen-bond donors (Lipinski definition) is 1. The van der Waals surface area contributed by atoms with Crippen LogP contribution in [0.15, 0.2) is 18.2 Å². The molecule has 0 radical (unpaired) electrons. The monoisotopic (exact) mass is 332 g/mol. The van der Waals surface area contributed by atoms with Crippen molar-refractivity contribution in [1.29, 1.82) is 0 Å². The summed E-state index contributed by atoms with van der Waals surface area (Å²) in [6, 6.07) is 6.13. The lowest BCUT2D eigenvalue weighted by Gasteiger charge is -1.98. The van der Waals surface area contributed by atoms with Gasteiger partial charge >= 0.3 is 0 Å².